The van der Waals surface area contributed by atoms with E-state index in [-0.39, 0.29) is 0 Å². The minimum Gasteiger partial charge on any atom is -0.465 e. The molecule has 138 valence electrons. The van der Waals surface area contributed by atoms with Gasteiger partial charge in [0.1, 0.15) is 0 Å². The number of ether oxygens (including phenoxy) is 1. The average molecular weight is 334 g/mol. The van der Waals surface area contributed by atoms with Crippen molar-refractivity contribution in [2.75, 3.05) is 7.11 Å². The first-order valence-electron chi connectivity index (χ1n) is 9.51. The highest BCUT2D eigenvalue weighted by atomic mass is 19.3. The van der Waals surface area contributed by atoms with Gasteiger partial charge in [-0.25, -0.2) is 4.79 Å². The number of alkyl halides is 2. The van der Waals surface area contributed by atoms with E-state index in [1.165, 1.54) is 64.2 Å². The lowest BCUT2D eigenvalue weighted by Gasteiger charge is -2.12. The van der Waals surface area contributed by atoms with Gasteiger partial charge in [0.15, 0.2) is 0 Å². The maximum Gasteiger partial charge on any atom is 0.376 e. The second kappa shape index (κ2) is 14.9. The van der Waals surface area contributed by atoms with Crippen molar-refractivity contribution in [3.8, 4) is 0 Å². The third-order valence-electron chi connectivity index (χ3n) is 4.33. The summed E-state index contributed by atoms with van der Waals surface area (Å²) in [6.07, 6.45) is 16.1. The summed E-state index contributed by atoms with van der Waals surface area (Å²) in [5.74, 6) is -4.72. The van der Waals surface area contributed by atoms with Crippen LogP contribution in [0.4, 0.5) is 8.78 Å². The van der Waals surface area contributed by atoms with E-state index in [0.29, 0.717) is 6.42 Å². The lowest BCUT2D eigenvalue weighted by Crippen LogP contribution is -2.29. The highest BCUT2D eigenvalue weighted by molar-refractivity contribution is 5.77. The summed E-state index contributed by atoms with van der Waals surface area (Å²) in [5.41, 5.74) is 0. The quantitative estimate of drug-likeness (QED) is 0.233. The molecule has 0 aliphatic heterocycles. The van der Waals surface area contributed by atoms with Gasteiger partial charge < -0.3 is 4.74 Å². The van der Waals surface area contributed by atoms with Crippen molar-refractivity contribution >= 4 is 5.97 Å². The third-order valence-corrected chi connectivity index (χ3v) is 4.33. The molecule has 0 saturated carbocycles. The first-order chi connectivity index (χ1) is 11.0. The third kappa shape index (κ3) is 13.5. The van der Waals surface area contributed by atoms with Gasteiger partial charge in [-0.3, -0.25) is 0 Å². The van der Waals surface area contributed by atoms with Crippen molar-refractivity contribution in [3.05, 3.63) is 0 Å². The van der Waals surface area contributed by atoms with Gasteiger partial charge in [0.2, 0.25) is 0 Å². The summed E-state index contributed by atoms with van der Waals surface area (Å²) in [6, 6.07) is 0. The standard InChI is InChI=1S/C19H36F2O2/c1-3-4-5-6-7-8-9-10-11-12-13-14-15-16-17-19(20,21)18(22)23-2/h3-17H2,1-2H3. The van der Waals surface area contributed by atoms with Crippen molar-refractivity contribution in [3.63, 3.8) is 0 Å². The van der Waals surface area contributed by atoms with Crippen molar-refractivity contribution in [2.45, 2.75) is 109 Å². The Morgan fingerprint density at radius 3 is 1.43 bits per heavy atom. The molecule has 0 aliphatic carbocycles. The molecule has 2 nitrogen and oxygen atoms in total. The molecule has 0 aromatic carbocycles. The van der Waals surface area contributed by atoms with Crippen LogP contribution < -0.4 is 0 Å². The largest absolute Gasteiger partial charge is 0.465 e. The maximum absolute atomic E-state index is 13.2. The molecule has 0 atom stereocenters. The zero-order valence-electron chi connectivity index (χ0n) is 15.2. The fraction of sp³-hybridized carbons (Fsp3) is 0.947. The smallest absolute Gasteiger partial charge is 0.376 e. The fourth-order valence-corrected chi connectivity index (χ4v) is 2.79. The van der Waals surface area contributed by atoms with E-state index in [2.05, 4.69) is 11.7 Å². The molecule has 0 aromatic heterocycles. The first kappa shape index (κ1) is 22.3. The lowest BCUT2D eigenvalue weighted by atomic mass is 10.0. The van der Waals surface area contributed by atoms with E-state index in [4.69, 9.17) is 0 Å². The number of esters is 1. The number of carbonyl (C=O) groups excluding carboxylic acids is 1. The van der Waals surface area contributed by atoms with E-state index < -0.39 is 18.3 Å². The molecule has 0 fully saturated rings. The Labute approximate surface area is 141 Å². The molecule has 0 aliphatic rings. The number of unbranched alkanes of at least 4 members (excludes halogenated alkanes) is 13. The minimum absolute atomic E-state index is 0.389. The van der Waals surface area contributed by atoms with Crippen molar-refractivity contribution < 1.29 is 18.3 Å². The van der Waals surface area contributed by atoms with E-state index in [1.54, 1.807) is 0 Å². The molecular formula is C19H36F2O2. The molecule has 0 rings (SSSR count). The van der Waals surface area contributed by atoms with Crippen LogP contribution in [0.3, 0.4) is 0 Å². The molecule has 0 bridgehead atoms. The number of methoxy groups -OCH3 is 1. The highest BCUT2D eigenvalue weighted by Crippen LogP contribution is 2.23. The number of halogens is 2. The van der Waals surface area contributed by atoms with E-state index in [0.717, 1.165) is 26.4 Å². The van der Waals surface area contributed by atoms with Gasteiger partial charge in [-0.15, -0.1) is 0 Å². The monoisotopic (exact) mass is 334 g/mol. The molecule has 0 unspecified atom stereocenters. The second-order valence-corrected chi connectivity index (χ2v) is 6.54. The zero-order valence-corrected chi connectivity index (χ0v) is 15.2. The average Bonchev–Trinajstić information content (AvgIpc) is 2.54. The molecule has 4 heteroatoms. The fourth-order valence-electron chi connectivity index (χ4n) is 2.79. The Morgan fingerprint density at radius 1 is 0.739 bits per heavy atom. The van der Waals surface area contributed by atoms with Crippen LogP contribution in [0.5, 0.6) is 0 Å². The molecule has 0 amide bonds. The second-order valence-electron chi connectivity index (χ2n) is 6.54. The van der Waals surface area contributed by atoms with Crippen LogP contribution in [0.1, 0.15) is 103 Å². The summed E-state index contributed by atoms with van der Waals surface area (Å²) < 4.78 is 30.5. The van der Waals surface area contributed by atoms with E-state index in [1.807, 2.05) is 0 Å². The lowest BCUT2D eigenvalue weighted by molar-refractivity contribution is -0.169. The molecule has 0 spiro atoms. The summed E-state index contributed by atoms with van der Waals surface area (Å²) in [6.45, 7) is 2.24. The van der Waals surface area contributed by atoms with Crippen LogP contribution in [-0.2, 0) is 9.53 Å². The van der Waals surface area contributed by atoms with Crippen LogP contribution >= 0.6 is 0 Å². The Balaban J connectivity index is 3.24. The molecule has 0 heterocycles. The number of carbonyl (C=O) groups is 1. The molecular weight excluding hydrogens is 298 g/mol. The van der Waals surface area contributed by atoms with Crippen LogP contribution in [0, 0.1) is 0 Å². The zero-order chi connectivity index (χ0) is 17.4. The normalized spacial score (nSPS) is 11.7. The van der Waals surface area contributed by atoms with E-state index in [9.17, 15) is 13.6 Å². The Morgan fingerprint density at radius 2 is 1.09 bits per heavy atom. The molecule has 0 radical (unpaired) electrons. The van der Waals surface area contributed by atoms with Crippen LogP contribution in [-0.4, -0.2) is 19.0 Å². The predicted octanol–water partition coefficient (Wildman–Crippen LogP) is 6.67. The maximum atomic E-state index is 13.2. The van der Waals surface area contributed by atoms with Crippen LogP contribution in [0.15, 0.2) is 0 Å². The van der Waals surface area contributed by atoms with Gasteiger partial charge >= 0.3 is 11.9 Å². The Bertz CT molecular complexity index is 281. The van der Waals surface area contributed by atoms with Gasteiger partial charge in [0, 0.05) is 6.42 Å². The highest BCUT2D eigenvalue weighted by Gasteiger charge is 2.38. The SMILES string of the molecule is CCCCCCCCCCCCCCCCC(F)(F)C(=O)OC. The Kier molecular flexibility index (Phi) is 14.5. The van der Waals surface area contributed by atoms with Crippen molar-refractivity contribution in [1.82, 2.24) is 0 Å². The van der Waals surface area contributed by atoms with Gasteiger partial charge in [-0.2, -0.15) is 8.78 Å². The molecule has 0 N–H and O–H groups in total. The number of hydrogen-bond acceptors (Lipinski definition) is 2. The minimum atomic E-state index is -3.31. The molecule has 0 aromatic rings. The van der Waals surface area contributed by atoms with E-state index >= 15 is 0 Å². The molecule has 23 heavy (non-hydrogen) atoms. The van der Waals surface area contributed by atoms with Crippen molar-refractivity contribution in [1.29, 1.82) is 0 Å². The number of hydrogen-bond donors (Lipinski definition) is 0. The first-order valence-corrected chi connectivity index (χ1v) is 9.51. The topological polar surface area (TPSA) is 26.3 Å². The van der Waals surface area contributed by atoms with Crippen molar-refractivity contribution in [2.24, 2.45) is 0 Å². The predicted molar refractivity (Wildman–Crippen MR) is 91.9 cm³/mol. The summed E-state index contributed by atoms with van der Waals surface area (Å²) in [4.78, 5) is 10.8. The molecule has 0 saturated heterocycles. The Hall–Kier alpha value is -0.670. The summed E-state index contributed by atoms with van der Waals surface area (Å²) in [5, 5.41) is 0. The van der Waals surface area contributed by atoms with Crippen LogP contribution in [0.2, 0.25) is 0 Å². The number of rotatable bonds is 16. The van der Waals surface area contributed by atoms with Gasteiger partial charge in [0.05, 0.1) is 7.11 Å². The van der Waals surface area contributed by atoms with Gasteiger partial charge in [-0.05, 0) is 6.42 Å². The van der Waals surface area contributed by atoms with Crippen LogP contribution in [0.25, 0.3) is 0 Å². The summed E-state index contributed by atoms with van der Waals surface area (Å²) in [7, 11) is 1.00. The van der Waals surface area contributed by atoms with Gasteiger partial charge in [-0.1, -0.05) is 90.4 Å². The summed E-state index contributed by atoms with van der Waals surface area (Å²) >= 11 is 0. The van der Waals surface area contributed by atoms with Gasteiger partial charge in [0.25, 0.3) is 0 Å².